The number of hydrogen-bond donors (Lipinski definition) is 0. The second-order valence-electron chi connectivity index (χ2n) is 1.70. The summed E-state index contributed by atoms with van der Waals surface area (Å²) in [6, 6.07) is -1.20. The molecule has 0 aromatic heterocycles. The minimum atomic E-state index is -2.47. The van der Waals surface area contributed by atoms with Crippen molar-refractivity contribution in [2.45, 2.75) is 12.5 Å². The first-order valence-electron chi connectivity index (χ1n) is 2.65. The van der Waals surface area contributed by atoms with Crippen LogP contribution in [0.2, 0.25) is 0 Å². The molecule has 50 valence electrons. The Balaban J connectivity index is 2.49. The van der Waals surface area contributed by atoms with E-state index in [1.54, 1.807) is 0 Å². The zero-order valence-electron chi connectivity index (χ0n) is 4.76. The van der Waals surface area contributed by atoms with Crippen molar-refractivity contribution >= 4 is 0 Å². The van der Waals surface area contributed by atoms with Crippen molar-refractivity contribution in [3.05, 3.63) is 0 Å². The molecule has 1 aliphatic heterocycles. The summed E-state index contributed by atoms with van der Waals surface area (Å²) >= 11 is 0. The van der Waals surface area contributed by atoms with E-state index < -0.39 is 6.04 Å². The van der Waals surface area contributed by atoms with Crippen molar-refractivity contribution in [1.82, 2.24) is 0 Å². The topological polar surface area (TPSA) is 42.2 Å². The molecule has 9 heavy (non-hydrogen) atoms. The van der Waals surface area contributed by atoms with Gasteiger partial charge in [0.25, 0.3) is 0 Å². The van der Waals surface area contributed by atoms with Gasteiger partial charge in [-0.15, -0.1) is 0 Å². The smallest absolute Gasteiger partial charge is 0.312 e. The molecule has 0 amide bonds. The Kier molecular flexibility index (Phi) is 1.65. The van der Waals surface area contributed by atoms with E-state index in [1.165, 1.54) is 6.07 Å². The van der Waals surface area contributed by atoms with Crippen LogP contribution in [-0.2, 0) is 9.47 Å². The summed E-state index contributed by atoms with van der Waals surface area (Å²) in [6.45, 7) is 0.508. The van der Waals surface area contributed by atoms with E-state index >= 15 is 0 Å². The van der Waals surface area contributed by atoms with Crippen molar-refractivity contribution in [3.63, 3.8) is 0 Å². The van der Waals surface area contributed by atoms with Crippen LogP contribution in [0.3, 0.4) is 0 Å². The zero-order valence-corrected chi connectivity index (χ0v) is 4.76. The maximum Gasteiger partial charge on any atom is 0.413 e. The highest BCUT2D eigenvalue weighted by molar-refractivity contribution is 4.85. The van der Waals surface area contributed by atoms with Gasteiger partial charge in [-0.25, -0.2) is 0 Å². The monoisotopic (exact) mass is 131 g/mol. The summed E-state index contributed by atoms with van der Waals surface area (Å²) in [6.07, 6.45) is 0.646. The van der Waals surface area contributed by atoms with Crippen molar-refractivity contribution in [3.8, 4) is 6.07 Å². The van der Waals surface area contributed by atoms with E-state index in [1.807, 2.05) is 0 Å². The number of nitriles is 1. The lowest BCUT2D eigenvalue weighted by Crippen LogP contribution is -2.34. The van der Waals surface area contributed by atoms with Crippen LogP contribution in [0.4, 0.5) is 4.39 Å². The van der Waals surface area contributed by atoms with Crippen LogP contribution in [0, 0.1) is 11.3 Å². The summed E-state index contributed by atoms with van der Waals surface area (Å²) in [7, 11) is 0. The Hall–Kier alpha value is -0.660. The number of ether oxygens (including phenoxy) is 2. The van der Waals surface area contributed by atoms with E-state index in [4.69, 9.17) is 5.26 Å². The average molecular weight is 131 g/mol. The molecule has 1 rings (SSSR count). The third-order valence-electron chi connectivity index (χ3n) is 0.998. The lowest BCUT2D eigenvalue weighted by atomic mass is 10.4. The standard InChI is InChI=1S/C5H6FNO2/c6-5(4-7)8-2-1-3-9-5/h1-3H2. The molecule has 0 bridgehead atoms. The summed E-state index contributed by atoms with van der Waals surface area (Å²) in [5.74, 6) is 0. The lowest BCUT2D eigenvalue weighted by Gasteiger charge is -2.22. The van der Waals surface area contributed by atoms with Crippen LogP contribution in [0.5, 0.6) is 0 Å². The van der Waals surface area contributed by atoms with Gasteiger partial charge in [0, 0.05) is 0 Å². The van der Waals surface area contributed by atoms with Gasteiger partial charge in [0.05, 0.1) is 13.2 Å². The molecule has 1 saturated heterocycles. The Morgan fingerprint density at radius 1 is 1.44 bits per heavy atom. The number of nitrogens with zero attached hydrogens (tertiary/aromatic N) is 1. The summed E-state index contributed by atoms with van der Waals surface area (Å²) in [5.41, 5.74) is 0. The maximum atomic E-state index is 12.5. The molecular formula is C5H6FNO2. The van der Waals surface area contributed by atoms with Crippen molar-refractivity contribution in [2.75, 3.05) is 13.2 Å². The van der Waals surface area contributed by atoms with Gasteiger partial charge >= 0.3 is 6.04 Å². The predicted molar refractivity (Wildman–Crippen MR) is 26.0 cm³/mol. The quantitative estimate of drug-likeness (QED) is 0.482. The lowest BCUT2D eigenvalue weighted by molar-refractivity contribution is -0.302. The van der Waals surface area contributed by atoms with Gasteiger partial charge in [0.1, 0.15) is 0 Å². The molecule has 0 spiro atoms. The molecule has 0 radical (unpaired) electrons. The summed E-state index contributed by atoms with van der Waals surface area (Å²) in [5, 5.41) is 8.08. The number of rotatable bonds is 0. The van der Waals surface area contributed by atoms with E-state index in [-0.39, 0.29) is 13.2 Å². The second kappa shape index (κ2) is 2.29. The molecule has 0 unspecified atom stereocenters. The molecule has 0 saturated carbocycles. The van der Waals surface area contributed by atoms with E-state index in [9.17, 15) is 4.39 Å². The third kappa shape index (κ3) is 1.37. The van der Waals surface area contributed by atoms with Crippen LogP contribution in [-0.4, -0.2) is 19.3 Å². The summed E-state index contributed by atoms with van der Waals surface area (Å²) < 4.78 is 21.2. The van der Waals surface area contributed by atoms with Gasteiger partial charge in [-0.1, -0.05) is 0 Å². The second-order valence-corrected chi connectivity index (χ2v) is 1.70. The van der Waals surface area contributed by atoms with E-state index in [2.05, 4.69) is 9.47 Å². The Morgan fingerprint density at radius 3 is 2.33 bits per heavy atom. The van der Waals surface area contributed by atoms with Crippen molar-refractivity contribution < 1.29 is 13.9 Å². The minimum absolute atomic E-state index is 0.254. The van der Waals surface area contributed by atoms with E-state index in [0.717, 1.165) is 0 Å². The average Bonchev–Trinajstić information content (AvgIpc) is 1.90. The SMILES string of the molecule is N#CC1(F)OCCCO1. The Labute approximate surface area is 52.0 Å². The van der Waals surface area contributed by atoms with Crippen LogP contribution >= 0.6 is 0 Å². The van der Waals surface area contributed by atoms with Gasteiger partial charge in [-0.2, -0.15) is 9.65 Å². The molecule has 0 aromatic carbocycles. The van der Waals surface area contributed by atoms with Crippen LogP contribution in [0.1, 0.15) is 6.42 Å². The van der Waals surface area contributed by atoms with Gasteiger partial charge in [0.15, 0.2) is 6.07 Å². The highest BCUT2D eigenvalue weighted by atomic mass is 19.2. The fourth-order valence-corrected chi connectivity index (χ4v) is 0.572. The third-order valence-corrected chi connectivity index (χ3v) is 0.998. The molecule has 0 aromatic rings. The first-order chi connectivity index (χ1) is 4.27. The van der Waals surface area contributed by atoms with Crippen molar-refractivity contribution in [2.24, 2.45) is 0 Å². The fraction of sp³-hybridized carbons (Fsp3) is 0.800. The molecular weight excluding hydrogens is 125 g/mol. The van der Waals surface area contributed by atoms with Crippen molar-refractivity contribution in [1.29, 1.82) is 5.26 Å². The van der Waals surface area contributed by atoms with E-state index in [0.29, 0.717) is 6.42 Å². The number of hydrogen-bond acceptors (Lipinski definition) is 3. The highest BCUT2D eigenvalue weighted by Gasteiger charge is 2.34. The fourth-order valence-electron chi connectivity index (χ4n) is 0.572. The molecule has 3 nitrogen and oxygen atoms in total. The molecule has 1 aliphatic rings. The minimum Gasteiger partial charge on any atom is -0.312 e. The van der Waals surface area contributed by atoms with Gasteiger partial charge < -0.3 is 9.47 Å². The predicted octanol–water partition coefficient (Wildman–Crippen LogP) is 0.570. The summed E-state index contributed by atoms with van der Waals surface area (Å²) in [4.78, 5) is 0. The molecule has 4 heteroatoms. The largest absolute Gasteiger partial charge is 0.413 e. The van der Waals surface area contributed by atoms with Crippen LogP contribution < -0.4 is 0 Å². The number of alkyl halides is 1. The van der Waals surface area contributed by atoms with Gasteiger partial charge in [0.2, 0.25) is 0 Å². The Morgan fingerprint density at radius 2 is 2.00 bits per heavy atom. The molecule has 0 N–H and O–H groups in total. The van der Waals surface area contributed by atoms with Crippen LogP contribution in [0.25, 0.3) is 0 Å². The molecule has 1 heterocycles. The zero-order chi connectivity index (χ0) is 6.74. The van der Waals surface area contributed by atoms with Gasteiger partial charge in [-0.3, -0.25) is 0 Å². The van der Waals surface area contributed by atoms with Gasteiger partial charge in [-0.05, 0) is 6.42 Å². The molecule has 1 fully saturated rings. The number of halogens is 1. The maximum absolute atomic E-state index is 12.5. The molecule has 0 atom stereocenters. The highest BCUT2D eigenvalue weighted by Crippen LogP contribution is 2.18. The first-order valence-corrected chi connectivity index (χ1v) is 2.65. The normalized spacial score (nSPS) is 24.9. The first kappa shape index (κ1) is 6.46. The Bertz CT molecular complexity index is 136. The molecule has 0 aliphatic carbocycles. The van der Waals surface area contributed by atoms with Crippen LogP contribution in [0.15, 0.2) is 0 Å².